The van der Waals surface area contributed by atoms with Crippen LogP contribution in [0.1, 0.15) is 33.6 Å². The minimum absolute atomic E-state index is 0.300. The second kappa shape index (κ2) is 5.00. The predicted octanol–water partition coefficient (Wildman–Crippen LogP) is 2.39. The van der Waals surface area contributed by atoms with E-state index in [9.17, 15) is 4.79 Å². The lowest BCUT2D eigenvalue weighted by Crippen LogP contribution is -2.39. The monoisotopic (exact) mass is 225 g/mol. The maximum atomic E-state index is 10.7. The second-order valence-corrected chi connectivity index (χ2v) is 5.83. The van der Waals surface area contributed by atoms with Crippen molar-refractivity contribution < 1.29 is 9.90 Å². The van der Waals surface area contributed by atoms with Crippen LogP contribution in [0, 0.1) is 11.3 Å². The Bertz CT molecular complexity index is 270. The zero-order valence-electron chi connectivity index (χ0n) is 10.6. The Morgan fingerprint density at radius 3 is 2.25 bits per heavy atom. The first-order valence-corrected chi connectivity index (χ1v) is 5.94. The number of nitrogens with zero attached hydrogens (tertiary/aromatic N) is 1. The molecule has 0 saturated carbocycles. The lowest BCUT2D eigenvalue weighted by molar-refractivity contribution is -0.132. The quantitative estimate of drug-likeness (QED) is 0.750. The van der Waals surface area contributed by atoms with Crippen LogP contribution in [-0.4, -0.2) is 35.6 Å². The Morgan fingerprint density at radius 2 is 1.88 bits per heavy atom. The van der Waals surface area contributed by atoms with Crippen LogP contribution in [0.5, 0.6) is 0 Å². The Labute approximate surface area is 98.1 Å². The molecule has 1 aliphatic rings. The van der Waals surface area contributed by atoms with E-state index in [2.05, 4.69) is 32.3 Å². The summed E-state index contributed by atoms with van der Waals surface area (Å²) in [7, 11) is 0. The largest absolute Gasteiger partial charge is 0.478 e. The highest BCUT2D eigenvalue weighted by atomic mass is 16.4. The van der Waals surface area contributed by atoms with Gasteiger partial charge in [0.2, 0.25) is 0 Å². The molecule has 3 heteroatoms. The van der Waals surface area contributed by atoms with Gasteiger partial charge in [0, 0.05) is 12.1 Å². The number of hydrogen-bond acceptors (Lipinski definition) is 2. The molecule has 1 N–H and O–H groups in total. The number of rotatable bonds is 3. The van der Waals surface area contributed by atoms with Crippen LogP contribution in [-0.2, 0) is 4.79 Å². The van der Waals surface area contributed by atoms with Crippen molar-refractivity contribution in [1.29, 1.82) is 0 Å². The molecule has 0 atom stereocenters. The van der Waals surface area contributed by atoms with Crippen molar-refractivity contribution in [3.63, 3.8) is 0 Å². The zero-order chi connectivity index (χ0) is 12.3. The van der Waals surface area contributed by atoms with Gasteiger partial charge in [-0.3, -0.25) is 4.90 Å². The van der Waals surface area contributed by atoms with E-state index in [-0.39, 0.29) is 0 Å². The summed E-state index contributed by atoms with van der Waals surface area (Å²) in [6.07, 6.45) is 2.33. The van der Waals surface area contributed by atoms with E-state index in [1.807, 2.05) is 0 Å². The molecular weight excluding hydrogens is 202 g/mol. The first-order valence-electron chi connectivity index (χ1n) is 5.94. The fourth-order valence-electron chi connectivity index (χ4n) is 2.29. The Morgan fingerprint density at radius 1 is 1.38 bits per heavy atom. The van der Waals surface area contributed by atoms with Gasteiger partial charge in [-0.1, -0.05) is 27.4 Å². The highest BCUT2D eigenvalue weighted by Crippen LogP contribution is 2.34. The Hall–Kier alpha value is -0.830. The zero-order valence-corrected chi connectivity index (χ0v) is 10.6. The van der Waals surface area contributed by atoms with Crippen LogP contribution >= 0.6 is 0 Å². The molecule has 92 valence electrons. The number of carboxylic acids is 1. The normalized spacial score (nSPS) is 19.7. The summed E-state index contributed by atoms with van der Waals surface area (Å²) in [5.41, 5.74) is 0.671. The van der Waals surface area contributed by atoms with Crippen molar-refractivity contribution in [2.45, 2.75) is 33.6 Å². The van der Waals surface area contributed by atoms with Crippen LogP contribution in [0.4, 0.5) is 0 Å². The maximum Gasteiger partial charge on any atom is 0.332 e. The van der Waals surface area contributed by atoms with Gasteiger partial charge in [-0.25, -0.2) is 4.79 Å². The number of likely N-dealkylation sites (tertiary alicyclic amines) is 1. The van der Waals surface area contributed by atoms with Gasteiger partial charge in [-0.2, -0.15) is 0 Å². The highest BCUT2D eigenvalue weighted by Gasteiger charge is 2.28. The van der Waals surface area contributed by atoms with E-state index in [0.717, 1.165) is 31.8 Å². The molecule has 1 saturated heterocycles. The molecule has 0 radical (unpaired) electrons. The molecule has 0 aromatic rings. The summed E-state index contributed by atoms with van der Waals surface area (Å²) in [6, 6.07) is 0. The average Bonchev–Trinajstić information content (AvgIpc) is 2.17. The van der Waals surface area contributed by atoms with Crippen LogP contribution in [0.25, 0.3) is 0 Å². The lowest BCUT2D eigenvalue weighted by Gasteiger charge is -2.38. The van der Waals surface area contributed by atoms with Crippen LogP contribution < -0.4 is 0 Å². The third-order valence-corrected chi connectivity index (χ3v) is 3.53. The van der Waals surface area contributed by atoms with E-state index in [1.165, 1.54) is 0 Å². The second-order valence-electron chi connectivity index (χ2n) is 5.83. The molecule has 0 aromatic heterocycles. The standard InChI is InChI=1S/C13H23NO2/c1-10(12(15)16)9-14-7-5-11(6-8-14)13(2,3)4/h11H,1,5-9H2,2-4H3,(H,15,16). The fraction of sp³-hybridized carbons (Fsp3) is 0.769. The van der Waals surface area contributed by atoms with E-state index in [4.69, 9.17) is 5.11 Å². The molecule has 0 spiro atoms. The maximum absolute atomic E-state index is 10.7. The smallest absolute Gasteiger partial charge is 0.332 e. The molecule has 0 aliphatic carbocycles. The minimum atomic E-state index is -0.877. The van der Waals surface area contributed by atoms with Gasteiger partial charge in [0.1, 0.15) is 0 Å². The molecule has 1 rings (SSSR count). The fourth-order valence-corrected chi connectivity index (χ4v) is 2.29. The minimum Gasteiger partial charge on any atom is -0.478 e. The molecule has 16 heavy (non-hydrogen) atoms. The van der Waals surface area contributed by atoms with Crippen molar-refractivity contribution in [3.8, 4) is 0 Å². The number of piperidine rings is 1. The van der Waals surface area contributed by atoms with Gasteiger partial charge in [-0.15, -0.1) is 0 Å². The molecule has 0 unspecified atom stereocenters. The van der Waals surface area contributed by atoms with Crippen molar-refractivity contribution in [1.82, 2.24) is 4.90 Å². The van der Waals surface area contributed by atoms with E-state index >= 15 is 0 Å². The van der Waals surface area contributed by atoms with Gasteiger partial charge < -0.3 is 5.11 Å². The molecule has 1 heterocycles. The molecule has 0 aromatic carbocycles. The summed E-state index contributed by atoms with van der Waals surface area (Å²) in [5, 5.41) is 8.77. The first kappa shape index (κ1) is 13.2. The summed E-state index contributed by atoms with van der Waals surface area (Å²) >= 11 is 0. The van der Waals surface area contributed by atoms with Gasteiger partial charge in [0.15, 0.2) is 0 Å². The third kappa shape index (κ3) is 3.63. The van der Waals surface area contributed by atoms with Crippen LogP contribution in [0.15, 0.2) is 12.2 Å². The van der Waals surface area contributed by atoms with Crippen LogP contribution in [0.3, 0.4) is 0 Å². The predicted molar refractivity (Wildman–Crippen MR) is 65.4 cm³/mol. The topological polar surface area (TPSA) is 40.5 Å². The molecular formula is C13H23NO2. The first-order chi connectivity index (χ1) is 7.30. The van der Waals surface area contributed by atoms with Crippen molar-refractivity contribution in [3.05, 3.63) is 12.2 Å². The van der Waals surface area contributed by atoms with E-state index in [1.54, 1.807) is 0 Å². The number of hydrogen-bond donors (Lipinski definition) is 1. The SMILES string of the molecule is C=C(CN1CCC(C(C)(C)C)CC1)C(=O)O. The van der Waals surface area contributed by atoms with Gasteiger partial charge in [0.05, 0.1) is 0 Å². The summed E-state index contributed by atoms with van der Waals surface area (Å²) in [5.74, 6) is -0.125. The molecule has 1 fully saturated rings. The molecule has 3 nitrogen and oxygen atoms in total. The van der Waals surface area contributed by atoms with Gasteiger partial charge >= 0.3 is 5.97 Å². The summed E-state index contributed by atoms with van der Waals surface area (Å²) in [4.78, 5) is 12.9. The van der Waals surface area contributed by atoms with Gasteiger partial charge in [0.25, 0.3) is 0 Å². The third-order valence-electron chi connectivity index (χ3n) is 3.53. The van der Waals surface area contributed by atoms with Crippen LogP contribution in [0.2, 0.25) is 0 Å². The lowest BCUT2D eigenvalue weighted by atomic mass is 9.75. The Balaban J connectivity index is 2.38. The molecule has 1 aliphatic heterocycles. The number of aliphatic carboxylic acids is 1. The summed E-state index contributed by atoms with van der Waals surface area (Å²) < 4.78 is 0. The summed E-state index contributed by atoms with van der Waals surface area (Å²) in [6.45, 7) is 12.9. The molecule has 0 bridgehead atoms. The highest BCUT2D eigenvalue weighted by molar-refractivity contribution is 5.86. The Kier molecular flexibility index (Phi) is 4.14. The van der Waals surface area contributed by atoms with Crippen molar-refractivity contribution >= 4 is 5.97 Å². The number of carbonyl (C=O) groups is 1. The van der Waals surface area contributed by atoms with Crippen molar-refractivity contribution in [2.75, 3.05) is 19.6 Å². The van der Waals surface area contributed by atoms with Gasteiger partial charge in [-0.05, 0) is 37.3 Å². The van der Waals surface area contributed by atoms with Crippen molar-refractivity contribution in [2.24, 2.45) is 11.3 Å². The number of carboxylic acid groups (broad SMARTS) is 1. The van der Waals surface area contributed by atoms with E-state index < -0.39 is 5.97 Å². The molecule has 0 amide bonds. The average molecular weight is 225 g/mol. The van der Waals surface area contributed by atoms with E-state index in [0.29, 0.717) is 17.5 Å².